The maximum Gasteiger partial charge on any atom is 0.264 e. The van der Waals surface area contributed by atoms with Crippen molar-refractivity contribution < 1.29 is 13.2 Å². The van der Waals surface area contributed by atoms with Gasteiger partial charge < -0.3 is 0 Å². The predicted molar refractivity (Wildman–Crippen MR) is 49.9 cm³/mol. The quantitative estimate of drug-likeness (QED) is 0.695. The van der Waals surface area contributed by atoms with E-state index in [-0.39, 0.29) is 11.5 Å². The fourth-order valence-electron chi connectivity index (χ4n) is 1.39. The molecule has 1 aromatic carbocycles. The SMILES string of the molecule is CC(C)Cc1ccc(F)cc1C(F)F. The van der Waals surface area contributed by atoms with Crippen molar-refractivity contribution in [3.63, 3.8) is 0 Å². The zero-order valence-corrected chi connectivity index (χ0v) is 8.23. The van der Waals surface area contributed by atoms with Crippen LogP contribution in [0.25, 0.3) is 0 Å². The smallest absolute Gasteiger partial charge is 0.207 e. The second-order valence-electron chi connectivity index (χ2n) is 3.74. The molecule has 0 atom stereocenters. The standard InChI is InChI=1S/C11H13F3/c1-7(2)5-8-3-4-9(12)6-10(8)11(13)14/h3-4,6-7,11H,5H2,1-2H3. The van der Waals surface area contributed by atoms with Gasteiger partial charge in [-0.25, -0.2) is 13.2 Å². The van der Waals surface area contributed by atoms with Gasteiger partial charge in [0.1, 0.15) is 5.82 Å². The summed E-state index contributed by atoms with van der Waals surface area (Å²) >= 11 is 0. The Morgan fingerprint density at radius 2 is 1.86 bits per heavy atom. The molecule has 0 N–H and O–H groups in total. The first-order valence-corrected chi connectivity index (χ1v) is 4.57. The van der Waals surface area contributed by atoms with E-state index in [1.165, 1.54) is 12.1 Å². The van der Waals surface area contributed by atoms with Gasteiger partial charge in [0.15, 0.2) is 0 Å². The third-order valence-electron chi connectivity index (χ3n) is 1.97. The average Bonchev–Trinajstić information content (AvgIpc) is 2.07. The molecule has 3 heteroatoms. The average molecular weight is 202 g/mol. The summed E-state index contributed by atoms with van der Waals surface area (Å²) in [5, 5.41) is 0. The first-order valence-electron chi connectivity index (χ1n) is 4.57. The second kappa shape index (κ2) is 4.49. The van der Waals surface area contributed by atoms with Crippen LogP contribution in [0.5, 0.6) is 0 Å². The Morgan fingerprint density at radius 1 is 1.21 bits per heavy atom. The lowest BCUT2D eigenvalue weighted by molar-refractivity contribution is 0.149. The molecule has 1 aromatic rings. The molecule has 0 amide bonds. The Balaban J connectivity index is 3.02. The van der Waals surface area contributed by atoms with E-state index in [0.29, 0.717) is 12.0 Å². The molecule has 0 nitrogen and oxygen atoms in total. The van der Waals surface area contributed by atoms with Crippen LogP contribution in [0.15, 0.2) is 18.2 Å². The maximum absolute atomic E-state index is 12.7. The summed E-state index contributed by atoms with van der Waals surface area (Å²) < 4.78 is 37.7. The largest absolute Gasteiger partial charge is 0.264 e. The Kier molecular flexibility index (Phi) is 3.55. The highest BCUT2D eigenvalue weighted by Crippen LogP contribution is 2.25. The predicted octanol–water partition coefficient (Wildman–Crippen LogP) is 3.96. The summed E-state index contributed by atoms with van der Waals surface area (Å²) in [4.78, 5) is 0. The summed E-state index contributed by atoms with van der Waals surface area (Å²) in [6.07, 6.45) is -2.04. The van der Waals surface area contributed by atoms with Gasteiger partial charge in [-0.2, -0.15) is 0 Å². The van der Waals surface area contributed by atoms with Gasteiger partial charge >= 0.3 is 0 Å². The van der Waals surface area contributed by atoms with Crippen molar-refractivity contribution >= 4 is 0 Å². The topological polar surface area (TPSA) is 0 Å². The van der Waals surface area contributed by atoms with Gasteiger partial charge in [-0.15, -0.1) is 0 Å². The second-order valence-corrected chi connectivity index (χ2v) is 3.74. The minimum atomic E-state index is -2.60. The molecular weight excluding hydrogens is 189 g/mol. The minimum absolute atomic E-state index is 0.182. The Labute approximate surface area is 81.8 Å². The van der Waals surface area contributed by atoms with Gasteiger partial charge in [-0.3, -0.25) is 0 Å². The van der Waals surface area contributed by atoms with Crippen LogP contribution in [0.2, 0.25) is 0 Å². The molecule has 0 spiro atoms. The monoisotopic (exact) mass is 202 g/mol. The number of hydrogen-bond acceptors (Lipinski definition) is 0. The number of hydrogen-bond donors (Lipinski definition) is 0. The van der Waals surface area contributed by atoms with Gasteiger partial charge in [0.25, 0.3) is 6.43 Å². The molecule has 0 heterocycles. The van der Waals surface area contributed by atoms with E-state index >= 15 is 0 Å². The molecule has 0 bridgehead atoms. The van der Waals surface area contributed by atoms with Crippen molar-refractivity contribution in [2.45, 2.75) is 26.7 Å². The third kappa shape index (κ3) is 2.76. The Bertz CT molecular complexity index is 305. The minimum Gasteiger partial charge on any atom is -0.207 e. The van der Waals surface area contributed by atoms with E-state index in [0.717, 1.165) is 6.07 Å². The van der Waals surface area contributed by atoms with Crippen molar-refractivity contribution in [2.75, 3.05) is 0 Å². The molecule has 0 unspecified atom stereocenters. The molecule has 0 aliphatic rings. The van der Waals surface area contributed by atoms with Gasteiger partial charge in [0.2, 0.25) is 0 Å². The summed E-state index contributed by atoms with van der Waals surface area (Å²) in [6, 6.07) is 3.59. The van der Waals surface area contributed by atoms with E-state index < -0.39 is 12.2 Å². The van der Waals surface area contributed by atoms with E-state index in [4.69, 9.17) is 0 Å². The van der Waals surface area contributed by atoms with Crippen molar-refractivity contribution in [3.8, 4) is 0 Å². The Morgan fingerprint density at radius 3 is 2.36 bits per heavy atom. The molecule has 0 aliphatic heterocycles. The fraction of sp³-hybridized carbons (Fsp3) is 0.455. The molecule has 1 rings (SSSR count). The van der Waals surface area contributed by atoms with Crippen molar-refractivity contribution in [3.05, 3.63) is 35.1 Å². The molecular formula is C11H13F3. The van der Waals surface area contributed by atoms with Crippen LogP contribution in [0.4, 0.5) is 13.2 Å². The van der Waals surface area contributed by atoms with E-state index in [1.54, 1.807) is 0 Å². The molecule has 14 heavy (non-hydrogen) atoms. The van der Waals surface area contributed by atoms with Crippen LogP contribution in [-0.2, 0) is 6.42 Å². The highest BCUT2D eigenvalue weighted by atomic mass is 19.3. The molecule has 0 fully saturated rings. The van der Waals surface area contributed by atoms with Gasteiger partial charge in [-0.1, -0.05) is 19.9 Å². The molecule has 0 aromatic heterocycles. The van der Waals surface area contributed by atoms with Crippen LogP contribution in [0.1, 0.15) is 31.4 Å². The Hall–Kier alpha value is -0.990. The van der Waals surface area contributed by atoms with E-state index in [2.05, 4.69) is 0 Å². The molecule has 0 aliphatic carbocycles. The molecule has 0 saturated heterocycles. The lowest BCUT2D eigenvalue weighted by Crippen LogP contribution is -2.00. The van der Waals surface area contributed by atoms with Crippen molar-refractivity contribution in [1.82, 2.24) is 0 Å². The zero-order chi connectivity index (χ0) is 10.7. The van der Waals surface area contributed by atoms with Crippen LogP contribution < -0.4 is 0 Å². The highest BCUT2D eigenvalue weighted by Gasteiger charge is 2.14. The molecule has 0 radical (unpaired) electrons. The van der Waals surface area contributed by atoms with Gasteiger partial charge in [-0.05, 0) is 30.0 Å². The van der Waals surface area contributed by atoms with Crippen LogP contribution >= 0.6 is 0 Å². The van der Waals surface area contributed by atoms with Crippen LogP contribution in [0.3, 0.4) is 0 Å². The van der Waals surface area contributed by atoms with Gasteiger partial charge in [0.05, 0.1) is 0 Å². The third-order valence-corrected chi connectivity index (χ3v) is 1.97. The number of benzene rings is 1. The highest BCUT2D eigenvalue weighted by molar-refractivity contribution is 5.29. The summed E-state index contributed by atoms with van der Waals surface area (Å²) in [7, 11) is 0. The van der Waals surface area contributed by atoms with Crippen molar-refractivity contribution in [1.29, 1.82) is 0 Å². The van der Waals surface area contributed by atoms with Crippen LogP contribution in [0, 0.1) is 11.7 Å². The lowest BCUT2D eigenvalue weighted by Gasteiger charge is -2.10. The van der Waals surface area contributed by atoms with E-state index in [1.807, 2.05) is 13.8 Å². The summed E-state index contributed by atoms with van der Waals surface area (Å²) in [5.74, 6) is -0.314. The normalized spacial score (nSPS) is 11.4. The maximum atomic E-state index is 12.7. The molecule has 78 valence electrons. The number of alkyl halides is 2. The first-order chi connectivity index (χ1) is 6.50. The molecule has 0 saturated carbocycles. The fourth-order valence-corrected chi connectivity index (χ4v) is 1.39. The first kappa shape index (κ1) is 11.1. The zero-order valence-electron chi connectivity index (χ0n) is 8.23. The van der Waals surface area contributed by atoms with Crippen LogP contribution in [-0.4, -0.2) is 0 Å². The van der Waals surface area contributed by atoms with Crippen molar-refractivity contribution in [2.24, 2.45) is 5.92 Å². The summed E-state index contributed by atoms with van der Waals surface area (Å²) in [5.41, 5.74) is 0.357. The summed E-state index contributed by atoms with van der Waals surface area (Å²) in [6.45, 7) is 3.89. The lowest BCUT2D eigenvalue weighted by atomic mass is 9.98. The van der Waals surface area contributed by atoms with Gasteiger partial charge in [0, 0.05) is 5.56 Å². The number of halogens is 3. The number of rotatable bonds is 3. The van der Waals surface area contributed by atoms with E-state index in [9.17, 15) is 13.2 Å².